The van der Waals surface area contributed by atoms with Crippen LogP contribution < -0.4 is 5.32 Å². The van der Waals surface area contributed by atoms with E-state index in [9.17, 15) is 0 Å². The normalized spacial score (nSPS) is 21.9. The Morgan fingerprint density at radius 1 is 1.50 bits per heavy atom. The van der Waals surface area contributed by atoms with Crippen molar-refractivity contribution in [3.63, 3.8) is 0 Å². The van der Waals surface area contributed by atoms with Gasteiger partial charge in [0.25, 0.3) is 0 Å². The van der Waals surface area contributed by atoms with Crippen molar-refractivity contribution in [2.45, 2.75) is 12.5 Å². The summed E-state index contributed by atoms with van der Waals surface area (Å²) in [5.41, 5.74) is 1.16. The van der Waals surface area contributed by atoms with Crippen LogP contribution in [0.4, 0.5) is 0 Å². The molecule has 0 aromatic heterocycles. The number of benzene rings is 1. The van der Waals surface area contributed by atoms with Gasteiger partial charge in [0.2, 0.25) is 0 Å². The number of halogens is 1. The van der Waals surface area contributed by atoms with Crippen molar-refractivity contribution in [2.75, 3.05) is 6.54 Å². The highest BCUT2D eigenvalue weighted by Gasteiger charge is 2.18. The molecule has 2 N–H and O–H groups in total. The van der Waals surface area contributed by atoms with E-state index in [0.29, 0.717) is 11.1 Å². The summed E-state index contributed by atoms with van der Waals surface area (Å²) in [4.78, 5) is 0. The van der Waals surface area contributed by atoms with Crippen LogP contribution in [0.5, 0.6) is 5.75 Å². The topological polar surface area (TPSA) is 32.3 Å². The van der Waals surface area contributed by atoms with Crippen molar-refractivity contribution >= 4 is 11.6 Å². The molecule has 1 atom stereocenters. The van der Waals surface area contributed by atoms with Crippen molar-refractivity contribution in [1.82, 2.24) is 5.32 Å². The third-order valence-electron chi connectivity index (χ3n) is 2.20. The lowest BCUT2D eigenvalue weighted by Crippen LogP contribution is -2.34. The zero-order valence-electron chi connectivity index (χ0n) is 6.55. The molecular weight excluding hydrogens is 174 g/mol. The molecule has 64 valence electrons. The van der Waals surface area contributed by atoms with Crippen LogP contribution in [-0.2, 0) is 0 Å². The number of hydrogen-bond acceptors (Lipinski definition) is 2. The fourth-order valence-electron chi connectivity index (χ4n) is 1.31. The smallest absolute Gasteiger partial charge is 0.134 e. The van der Waals surface area contributed by atoms with E-state index < -0.39 is 0 Å². The Morgan fingerprint density at radius 3 is 2.75 bits per heavy atom. The molecule has 12 heavy (non-hydrogen) atoms. The molecule has 1 aromatic carbocycles. The van der Waals surface area contributed by atoms with E-state index in [4.69, 9.17) is 16.7 Å². The van der Waals surface area contributed by atoms with E-state index in [1.807, 2.05) is 12.1 Å². The fraction of sp³-hybridized carbons (Fsp3) is 0.333. The van der Waals surface area contributed by atoms with Crippen molar-refractivity contribution in [3.8, 4) is 5.75 Å². The van der Waals surface area contributed by atoms with Crippen LogP contribution in [0.3, 0.4) is 0 Å². The lowest BCUT2D eigenvalue weighted by Gasteiger charge is -2.28. The lowest BCUT2D eigenvalue weighted by atomic mass is 9.98. The van der Waals surface area contributed by atoms with Crippen molar-refractivity contribution in [1.29, 1.82) is 0 Å². The molecule has 2 rings (SSSR count). The molecule has 3 heteroatoms. The Labute approximate surface area is 76.2 Å². The Morgan fingerprint density at radius 2 is 2.25 bits per heavy atom. The maximum Gasteiger partial charge on any atom is 0.134 e. The largest absolute Gasteiger partial charge is 0.506 e. The van der Waals surface area contributed by atoms with Gasteiger partial charge in [0.15, 0.2) is 0 Å². The molecule has 0 spiro atoms. The SMILES string of the molecule is Oc1ccc(C2CCN2)cc1Cl. The van der Waals surface area contributed by atoms with Gasteiger partial charge in [-0.15, -0.1) is 0 Å². The first-order valence-corrected chi connectivity index (χ1v) is 4.37. The molecule has 1 aromatic rings. The van der Waals surface area contributed by atoms with Gasteiger partial charge in [-0.3, -0.25) is 0 Å². The van der Waals surface area contributed by atoms with Gasteiger partial charge in [0.05, 0.1) is 5.02 Å². The standard InChI is InChI=1S/C9H10ClNO/c10-7-5-6(1-2-9(7)12)8-3-4-11-8/h1-2,5,8,11-12H,3-4H2. The minimum absolute atomic E-state index is 0.153. The fourth-order valence-corrected chi connectivity index (χ4v) is 1.50. The first kappa shape index (κ1) is 7.90. The molecule has 1 fully saturated rings. The van der Waals surface area contributed by atoms with Gasteiger partial charge in [0.1, 0.15) is 5.75 Å². The maximum absolute atomic E-state index is 9.16. The summed E-state index contributed by atoms with van der Waals surface area (Å²) in [7, 11) is 0. The first-order valence-electron chi connectivity index (χ1n) is 3.99. The van der Waals surface area contributed by atoms with Crippen molar-refractivity contribution in [3.05, 3.63) is 28.8 Å². The van der Waals surface area contributed by atoms with E-state index >= 15 is 0 Å². The summed E-state index contributed by atoms with van der Waals surface area (Å²) < 4.78 is 0. The number of hydrogen-bond donors (Lipinski definition) is 2. The van der Waals surface area contributed by atoms with Crippen LogP contribution in [0.15, 0.2) is 18.2 Å². The van der Waals surface area contributed by atoms with Gasteiger partial charge in [0, 0.05) is 6.04 Å². The Hall–Kier alpha value is -0.730. The summed E-state index contributed by atoms with van der Waals surface area (Å²) in [5.74, 6) is 0.153. The van der Waals surface area contributed by atoms with Gasteiger partial charge in [-0.25, -0.2) is 0 Å². The molecule has 1 saturated heterocycles. The molecule has 1 aliphatic heterocycles. The van der Waals surface area contributed by atoms with Crippen LogP contribution in [0, 0.1) is 0 Å². The molecule has 2 nitrogen and oxygen atoms in total. The second-order valence-corrected chi connectivity index (χ2v) is 3.41. The first-order chi connectivity index (χ1) is 5.77. The summed E-state index contributed by atoms with van der Waals surface area (Å²) in [6, 6.07) is 5.78. The predicted octanol–water partition coefficient (Wildman–Crippen LogP) is 2.08. The van der Waals surface area contributed by atoms with E-state index in [1.165, 1.54) is 0 Å². The van der Waals surface area contributed by atoms with Crippen LogP contribution in [-0.4, -0.2) is 11.7 Å². The number of phenolic OH excluding ortho intramolecular Hbond substituents is 1. The van der Waals surface area contributed by atoms with E-state index in [0.717, 1.165) is 18.5 Å². The molecule has 1 unspecified atom stereocenters. The Bertz CT molecular complexity index is 297. The average Bonchev–Trinajstić information content (AvgIpc) is 1.93. The minimum Gasteiger partial charge on any atom is -0.506 e. The molecule has 0 amide bonds. The second kappa shape index (κ2) is 2.96. The molecular formula is C9H10ClNO. The predicted molar refractivity (Wildman–Crippen MR) is 48.5 cm³/mol. The maximum atomic E-state index is 9.16. The molecule has 0 saturated carbocycles. The van der Waals surface area contributed by atoms with Gasteiger partial charge < -0.3 is 10.4 Å². The summed E-state index contributed by atoms with van der Waals surface area (Å²) in [5, 5.41) is 12.9. The van der Waals surface area contributed by atoms with Crippen LogP contribution >= 0.6 is 11.6 Å². The average molecular weight is 184 g/mol. The van der Waals surface area contributed by atoms with Gasteiger partial charge >= 0.3 is 0 Å². The molecule has 0 aliphatic carbocycles. The number of aromatic hydroxyl groups is 1. The zero-order valence-corrected chi connectivity index (χ0v) is 7.30. The Balaban J connectivity index is 2.27. The van der Waals surface area contributed by atoms with E-state index in [1.54, 1.807) is 6.07 Å². The monoisotopic (exact) mass is 183 g/mol. The summed E-state index contributed by atoms with van der Waals surface area (Å²) >= 11 is 5.76. The third kappa shape index (κ3) is 1.28. The van der Waals surface area contributed by atoms with Gasteiger partial charge in [-0.05, 0) is 30.7 Å². The van der Waals surface area contributed by atoms with Crippen LogP contribution in [0.2, 0.25) is 5.02 Å². The van der Waals surface area contributed by atoms with Crippen molar-refractivity contribution < 1.29 is 5.11 Å². The zero-order chi connectivity index (χ0) is 8.55. The van der Waals surface area contributed by atoms with Gasteiger partial charge in [-0.2, -0.15) is 0 Å². The minimum atomic E-state index is 0.153. The van der Waals surface area contributed by atoms with E-state index in [2.05, 4.69) is 5.32 Å². The summed E-state index contributed by atoms with van der Waals surface area (Å²) in [6.07, 6.45) is 1.15. The molecule has 1 aliphatic rings. The lowest BCUT2D eigenvalue weighted by molar-refractivity contribution is 0.382. The number of phenols is 1. The highest BCUT2D eigenvalue weighted by molar-refractivity contribution is 6.32. The second-order valence-electron chi connectivity index (χ2n) is 3.01. The van der Waals surface area contributed by atoms with E-state index in [-0.39, 0.29) is 5.75 Å². The molecule has 0 bridgehead atoms. The van der Waals surface area contributed by atoms with Crippen molar-refractivity contribution in [2.24, 2.45) is 0 Å². The highest BCUT2D eigenvalue weighted by atomic mass is 35.5. The van der Waals surface area contributed by atoms with Gasteiger partial charge in [-0.1, -0.05) is 17.7 Å². The number of rotatable bonds is 1. The van der Waals surface area contributed by atoms with Crippen LogP contribution in [0.25, 0.3) is 0 Å². The molecule has 0 radical (unpaired) electrons. The summed E-state index contributed by atoms with van der Waals surface area (Å²) in [6.45, 7) is 1.07. The quantitative estimate of drug-likeness (QED) is 0.699. The number of nitrogens with one attached hydrogen (secondary N) is 1. The Kier molecular flexibility index (Phi) is 1.95. The molecule has 1 heterocycles. The highest BCUT2D eigenvalue weighted by Crippen LogP contribution is 2.29. The van der Waals surface area contributed by atoms with Crippen LogP contribution in [0.1, 0.15) is 18.0 Å². The third-order valence-corrected chi connectivity index (χ3v) is 2.50.